The van der Waals surface area contributed by atoms with Crippen LogP contribution in [0.5, 0.6) is 0 Å². The normalized spacial score (nSPS) is 15.6. The lowest BCUT2D eigenvalue weighted by Crippen LogP contribution is -2.35. The molecule has 0 unspecified atom stereocenters. The standard InChI is InChI=1S/C17H22N4O5S/c1-12-13(2)26-17(19-12)11-18-15-7-6-14(10-16(15)21(22)23)27(24,25)20-8-4-3-5-9-20/h6-7,10,18H,3-5,8-9,11H2,1-2H3. The summed E-state index contributed by atoms with van der Waals surface area (Å²) < 4.78 is 32.3. The highest BCUT2D eigenvalue weighted by atomic mass is 32.2. The van der Waals surface area contributed by atoms with Gasteiger partial charge >= 0.3 is 0 Å². The predicted octanol–water partition coefficient (Wildman–Crippen LogP) is 2.99. The summed E-state index contributed by atoms with van der Waals surface area (Å²) >= 11 is 0. The Kier molecular flexibility index (Phi) is 5.47. The molecule has 1 saturated heterocycles. The van der Waals surface area contributed by atoms with Gasteiger partial charge in [-0.1, -0.05) is 6.42 Å². The van der Waals surface area contributed by atoms with Crippen LogP contribution in [0, 0.1) is 24.0 Å². The summed E-state index contributed by atoms with van der Waals surface area (Å²) in [7, 11) is -3.73. The fourth-order valence-corrected chi connectivity index (χ4v) is 4.55. The Morgan fingerprint density at radius 3 is 2.56 bits per heavy atom. The first-order valence-electron chi connectivity index (χ1n) is 8.74. The Morgan fingerprint density at radius 1 is 1.26 bits per heavy atom. The van der Waals surface area contributed by atoms with Crippen LogP contribution in [0.25, 0.3) is 0 Å². The van der Waals surface area contributed by atoms with Gasteiger partial charge in [0.05, 0.1) is 22.1 Å². The number of nitro benzene ring substituents is 1. The van der Waals surface area contributed by atoms with Gasteiger partial charge in [-0.05, 0) is 38.8 Å². The van der Waals surface area contributed by atoms with Crippen LogP contribution in [0.4, 0.5) is 11.4 Å². The van der Waals surface area contributed by atoms with Crippen LogP contribution in [0.2, 0.25) is 0 Å². The van der Waals surface area contributed by atoms with Gasteiger partial charge in [0.25, 0.3) is 5.69 Å². The average Bonchev–Trinajstić information content (AvgIpc) is 2.98. The van der Waals surface area contributed by atoms with Crippen molar-refractivity contribution >= 4 is 21.4 Å². The Labute approximate surface area is 157 Å². The predicted molar refractivity (Wildman–Crippen MR) is 99.0 cm³/mol. The van der Waals surface area contributed by atoms with E-state index in [-0.39, 0.29) is 22.8 Å². The Balaban J connectivity index is 1.85. The number of hydrogen-bond donors (Lipinski definition) is 1. The molecule has 0 aliphatic carbocycles. The SMILES string of the molecule is Cc1nc(CNc2ccc(S(=O)(=O)N3CCCCC3)cc2[N+](=O)[O-])oc1C. The fourth-order valence-electron chi connectivity index (χ4n) is 3.01. The van der Waals surface area contributed by atoms with Crippen molar-refractivity contribution in [3.05, 3.63) is 45.7 Å². The second kappa shape index (κ2) is 7.65. The molecule has 1 fully saturated rings. The van der Waals surface area contributed by atoms with E-state index in [0.29, 0.717) is 24.7 Å². The molecular formula is C17H22N4O5S. The minimum atomic E-state index is -3.73. The minimum absolute atomic E-state index is 0.0653. The summed E-state index contributed by atoms with van der Waals surface area (Å²) in [6.45, 7) is 4.64. The minimum Gasteiger partial charge on any atom is -0.444 e. The van der Waals surface area contributed by atoms with E-state index in [1.54, 1.807) is 6.92 Å². The van der Waals surface area contributed by atoms with E-state index in [2.05, 4.69) is 10.3 Å². The third-order valence-corrected chi connectivity index (χ3v) is 6.52. The number of benzene rings is 1. The molecule has 0 amide bonds. The zero-order valence-corrected chi connectivity index (χ0v) is 16.1. The fraction of sp³-hybridized carbons (Fsp3) is 0.471. The van der Waals surface area contributed by atoms with Crippen LogP contribution in [0.3, 0.4) is 0 Å². The molecule has 27 heavy (non-hydrogen) atoms. The van der Waals surface area contributed by atoms with Crippen LogP contribution >= 0.6 is 0 Å². The summed E-state index contributed by atoms with van der Waals surface area (Å²) in [6.07, 6.45) is 2.60. The first kappa shape index (κ1) is 19.3. The van der Waals surface area contributed by atoms with E-state index in [4.69, 9.17) is 4.42 Å². The number of nitrogens with one attached hydrogen (secondary N) is 1. The number of nitrogens with zero attached hydrogens (tertiary/aromatic N) is 3. The van der Waals surface area contributed by atoms with E-state index in [1.165, 1.54) is 16.4 Å². The smallest absolute Gasteiger partial charge is 0.293 e. The van der Waals surface area contributed by atoms with Gasteiger partial charge in [0.15, 0.2) is 0 Å². The Bertz CT molecular complexity index is 929. The highest BCUT2D eigenvalue weighted by Gasteiger charge is 2.28. The molecular weight excluding hydrogens is 372 g/mol. The number of piperidine rings is 1. The first-order valence-corrected chi connectivity index (χ1v) is 10.2. The zero-order chi connectivity index (χ0) is 19.6. The second-order valence-corrected chi connectivity index (χ2v) is 8.44. The van der Waals surface area contributed by atoms with Crippen molar-refractivity contribution in [2.45, 2.75) is 44.6 Å². The van der Waals surface area contributed by atoms with Gasteiger partial charge in [-0.15, -0.1) is 0 Å². The molecule has 3 rings (SSSR count). The van der Waals surface area contributed by atoms with Crippen molar-refractivity contribution in [1.29, 1.82) is 0 Å². The summed E-state index contributed by atoms with van der Waals surface area (Å²) in [5.41, 5.74) is 0.670. The molecule has 146 valence electrons. The van der Waals surface area contributed by atoms with Crippen molar-refractivity contribution in [3.8, 4) is 0 Å². The molecule has 9 nitrogen and oxygen atoms in total. The monoisotopic (exact) mass is 394 g/mol. The molecule has 0 bridgehead atoms. The molecule has 0 saturated carbocycles. The van der Waals surface area contributed by atoms with E-state index in [9.17, 15) is 18.5 Å². The van der Waals surface area contributed by atoms with Crippen LogP contribution in [0.15, 0.2) is 27.5 Å². The quantitative estimate of drug-likeness (QED) is 0.591. The van der Waals surface area contributed by atoms with Gasteiger partial charge in [0, 0.05) is 19.2 Å². The third-order valence-electron chi connectivity index (χ3n) is 4.62. The lowest BCUT2D eigenvalue weighted by atomic mass is 10.2. The van der Waals surface area contributed by atoms with Crippen molar-refractivity contribution in [3.63, 3.8) is 0 Å². The highest BCUT2D eigenvalue weighted by Crippen LogP contribution is 2.30. The van der Waals surface area contributed by atoms with Gasteiger partial charge in [0.2, 0.25) is 15.9 Å². The molecule has 1 aromatic heterocycles. The van der Waals surface area contributed by atoms with E-state index in [0.717, 1.165) is 31.0 Å². The number of oxazole rings is 1. The van der Waals surface area contributed by atoms with Crippen molar-refractivity contribution in [2.75, 3.05) is 18.4 Å². The van der Waals surface area contributed by atoms with Crippen LogP contribution < -0.4 is 5.32 Å². The van der Waals surface area contributed by atoms with Crippen LogP contribution in [0.1, 0.15) is 36.6 Å². The van der Waals surface area contributed by atoms with Crippen molar-refractivity contribution in [1.82, 2.24) is 9.29 Å². The van der Waals surface area contributed by atoms with E-state index >= 15 is 0 Å². The van der Waals surface area contributed by atoms with E-state index < -0.39 is 14.9 Å². The molecule has 0 spiro atoms. The van der Waals surface area contributed by atoms with Crippen LogP contribution in [-0.4, -0.2) is 35.7 Å². The van der Waals surface area contributed by atoms with Gasteiger partial charge in [-0.2, -0.15) is 4.31 Å². The van der Waals surface area contributed by atoms with Crippen molar-refractivity contribution < 1.29 is 17.8 Å². The number of aryl methyl sites for hydroxylation is 2. The number of anilines is 1. The molecule has 1 aliphatic rings. The summed E-state index contributed by atoms with van der Waals surface area (Å²) in [4.78, 5) is 15.0. The van der Waals surface area contributed by atoms with Gasteiger partial charge in [0.1, 0.15) is 11.4 Å². The number of rotatable bonds is 6. The maximum Gasteiger partial charge on any atom is 0.293 e. The summed E-state index contributed by atoms with van der Waals surface area (Å²) in [5, 5.41) is 14.4. The molecule has 1 aromatic carbocycles. The topological polar surface area (TPSA) is 119 Å². The summed E-state index contributed by atoms with van der Waals surface area (Å²) in [6, 6.07) is 3.92. The first-order chi connectivity index (χ1) is 12.8. The highest BCUT2D eigenvalue weighted by molar-refractivity contribution is 7.89. The maximum absolute atomic E-state index is 12.8. The molecule has 0 atom stereocenters. The van der Waals surface area contributed by atoms with Crippen LogP contribution in [-0.2, 0) is 16.6 Å². The second-order valence-electron chi connectivity index (χ2n) is 6.50. The number of aromatic nitrogens is 1. The molecule has 2 aromatic rings. The number of sulfonamides is 1. The molecule has 1 N–H and O–H groups in total. The van der Waals surface area contributed by atoms with Crippen molar-refractivity contribution in [2.24, 2.45) is 0 Å². The molecule has 1 aliphatic heterocycles. The molecule has 10 heteroatoms. The lowest BCUT2D eigenvalue weighted by molar-refractivity contribution is -0.384. The average molecular weight is 394 g/mol. The summed E-state index contributed by atoms with van der Waals surface area (Å²) in [5.74, 6) is 1.09. The number of hydrogen-bond acceptors (Lipinski definition) is 7. The maximum atomic E-state index is 12.8. The Morgan fingerprint density at radius 2 is 1.96 bits per heavy atom. The molecule has 2 heterocycles. The lowest BCUT2D eigenvalue weighted by Gasteiger charge is -2.25. The van der Waals surface area contributed by atoms with Gasteiger partial charge in [-0.3, -0.25) is 10.1 Å². The van der Waals surface area contributed by atoms with Gasteiger partial charge < -0.3 is 9.73 Å². The third kappa shape index (κ3) is 4.11. The van der Waals surface area contributed by atoms with Gasteiger partial charge in [-0.25, -0.2) is 13.4 Å². The molecule has 0 radical (unpaired) electrons. The van der Waals surface area contributed by atoms with E-state index in [1.807, 2.05) is 6.92 Å². The number of nitro groups is 1. The largest absolute Gasteiger partial charge is 0.444 e. The Hall–Kier alpha value is -2.46. The zero-order valence-electron chi connectivity index (χ0n) is 15.3.